The second-order valence-electron chi connectivity index (χ2n) is 4.19. The number of aromatic nitrogens is 2. The minimum absolute atomic E-state index is 0.0680. The Bertz CT molecular complexity index is 593. The first-order chi connectivity index (χ1) is 9.40. The third kappa shape index (κ3) is 3.23. The number of ether oxygens (including phenoxy) is 1. The van der Waals surface area contributed by atoms with E-state index in [1.807, 2.05) is 6.92 Å². The third-order valence-corrected chi connectivity index (χ3v) is 2.71. The molecule has 0 saturated carbocycles. The van der Waals surface area contributed by atoms with E-state index in [0.717, 1.165) is 12.1 Å². The Morgan fingerprint density at radius 1 is 1.30 bits per heavy atom. The van der Waals surface area contributed by atoms with Gasteiger partial charge in [-0.15, -0.1) is 0 Å². The summed E-state index contributed by atoms with van der Waals surface area (Å²) in [6.07, 6.45) is -4.38. The third-order valence-electron chi connectivity index (χ3n) is 2.71. The lowest BCUT2D eigenvalue weighted by atomic mass is 10.2. The summed E-state index contributed by atoms with van der Waals surface area (Å²) < 4.78 is 44.5. The molecule has 0 aliphatic carbocycles. The van der Waals surface area contributed by atoms with Crippen molar-refractivity contribution in [2.75, 3.05) is 5.73 Å². The predicted octanol–water partition coefficient (Wildman–Crippen LogP) is 3.08. The van der Waals surface area contributed by atoms with E-state index in [-0.39, 0.29) is 12.4 Å². The molecule has 4 nitrogen and oxygen atoms in total. The Balaban J connectivity index is 2.07. The average molecular weight is 285 g/mol. The highest BCUT2D eigenvalue weighted by Gasteiger charge is 2.30. The fourth-order valence-corrected chi connectivity index (χ4v) is 1.73. The van der Waals surface area contributed by atoms with Crippen molar-refractivity contribution in [1.82, 2.24) is 9.78 Å². The number of anilines is 1. The van der Waals surface area contributed by atoms with Crippen molar-refractivity contribution < 1.29 is 17.9 Å². The number of hydrogen-bond acceptors (Lipinski definition) is 3. The highest BCUT2D eigenvalue weighted by molar-refractivity contribution is 5.32. The Labute approximate surface area is 114 Å². The molecule has 7 heteroatoms. The van der Waals surface area contributed by atoms with E-state index >= 15 is 0 Å². The molecule has 0 saturated heterocycles. The van der Waals surface area contributed by atoms with Gasteiger partial charge in [0.1, 0.15) is 23.9 Å². The van der Waals surface area contributed by atoms with Crippen molar-refractivity contribution >= 4 is 5.82 Å². The molecule has 20 heavy (non-hydrogen) atoms. The Morgan fingerprint density at radius 2 is 2.05 bits per heavy atom. The number of nitrogen functional groups attached to an aromatic ring is 1. The van der Waals surface area contributed by atoms with Gasteiger partial charge >= 0.3 is 6.18 Å². The van der Waals surface area contributed by atoms with Crippen molar-refractivity contribution in [3.63, 3.8) is 0 Å². The predicted molar refractivity (Wildman–Crippen MR) is 68.1 cm³/mol. The maximum absolute atomic E-state index is 12.5. The van der Waals surface area contributed by atoms with Gasteiger partial charge in [-0.3, -0.25) is 4.68 Å². The van der Waals surface area contributed by atoms with E-state index < -0.39 is 11.7 Å². The van der Waals surface area contributed by atoms with Crippen molar-refractivity contribution in [1.29, 1.82) is 0 Å². The van der Waals surface area contributed by atoms with Crippen LogP contribution in [-0.4, -0.2) is 9.78 Å². The van der Waals surface area contributed by atoms with Crippen LogP contribution >= 0.6 is 0 Å². The van der Waals surface area contributed by atoms with Crippen molar-refractivity contribution in [2.45, 2.75) is 26.3 Å². The first-order valence-corrected chi connectivity index (χ1v) is 6.02. The molecule has 0 aliphatic rings. The van der Waals surface area contributed by atoms with Crippen molar-refractivity contribution in [3.05, 3.63) is 41.6 Å². The molecular weight excluding hydrogens is 271 g/mol. The molecule has 2 rings (SSSR count). The van der Waals surface area contributed by atoms with Crippen LogP contribution in [0.1, 0.15) is 18.2 Å². The normalized spacial score (nSPS) is 11.6. The molecular formula is C13H14F3N3O. The number of nitrogens with zero attached hydrogens (tertiary/aromatic N) is 2. The lowest BCUT2D eigenvalue weighted by Gasteiger charge is -2.09. The molecule has 1 aromatic heterocycles. The molecule has 1 heterocycles. The zero-order chi connectivity index (χ0) is 14.8. The number of rotatable bonds is 4. The molecule has 108 valence electrons. The van der Waals surface area contributed by atoms with E-state index in [2.05, 4.69) is 5.10 Å². The van der Waals surface area contributed by atoms with Crippen molar-refractivity contribution in [2.24, 2.45) is 0 Å². The number of aryl methyl sites for hydroxylation is 1. The molecule has 0 unspecified atom stereocenters. The van der Waals surface area contributed by atoms with Gasteiger partial charge < -0.3 is 10.5 Å². The standard InChI is InChI=1S/C13H14F3N3O/c1-2-19-12(17)7-10(18-19)8-20-11-5-3-4-9(6-11)13(14,15)16/h3-7H,2,8,17H2,1H3. The van der Waals surface area contributed by atoms with Gasteiger partial charge in [0.25, 0.3) is 0 Å². The second-order valence-corrected chi connectivity index (χ2v) is 4.19. The summed E-state index contributed by atoms with van der Waals surface area (Å²) in [6.45, 7) is 2.58. The molecule has 0 radical (unpaired) electrons. The minimum atomic E-state index is -4.38. The van der Waals surface area contributed by atoms with Gasteiger partial charge in [-0.25, -0.2) is 0 Å². The summed E-state index contributed by atoms with van der Waals surface area (Å²) in [5.41, 5.74) is 5.53. The van der Waals surface area contributed by atoms with E-state index in [1.165, 1.54) is 12.1 Å². The SMILES string of the molecule is CCn1nc(COc2cccc(C(F)(F)F)c2)cc1N. The van der Waals surface area contributed by atoms with Crippen LogP contribution in [0, 0.1) is 0 Å². The van der Waals surface area contributed by atoms with E-state index in [0.29, 0.717) is 18.1 Å². The topological polar surface area (TPSA) is 53.1 Å². The molecule has 0 atom stereocenters. The summed E-state index contributed by atoms with van der Waals surface area (Å²) >= 11 is 0. The summed E-state index contributed by atoms with van der Waals surface area (Å²) in [7, 11) is 0. The Morgan fingerprint density at radius 3 is 2.65 bits per heavy atom. The fraction of sp³-hybridized carbons (Fsp3) is 0.308. The number of benzene rings is 1. The van der Waals surface area contributed by atoms with E-state index in [9.17, 15) is 13.2 Å². The van der Waals surface area contributed by atoms with Gasteiger partial charge in [-0.05, 0) is 25.1 Å². The van der Waals surface area contributed by atoms with Gasteiger partial charge in [0, 0.05) is 12.6 Å². The first kappa shape index (κ1) is 14.2. The van der Waals surface area contributed by atoms with Crippen LogP contribution in [0.4, 0.5) is 19.0 Å². The van der Waals surface area contributed by atoms with Gasteiger partial charge in [0.2, 0.25) is 0 Å². The van der Waals surface area contributed by atoms with Crippen LogP contribution in [0.5, 0.6) is 5.75 Å². The maximum Gasteiger partial charge on any atom is 0.416 e. The molecule has 2 N–H and O–H groups in total. The van der Waals surface area contributed by atoms with Gasteiger partial charge in [0.05, 0.1) is 5.56 Å². The lowest BCUT2D eigenvalue weighted by Crippen LogP contribution is -2.05. The zero-order valence-electron chi connectivity index (χ0n) is 10.8. The van der Waals surface area contributed by atoms with Gasteiger partial charge in [-0.2, -0.15) is 18.3 Å². The molecule has 0 aliphatic heterocycles. The quantitative estimate of drug-likeness (QED) is 0.939. The molecule has 2 aromatic rings. The summed E-state index contributed by atoms with van der Waals surface area (Å²) in [4.78, 5) is 0. The number of alkyl halides is 3. The van der Waals surface area contributed by atoms with E-state index in [4.69, 9.17) is 10.5 Å². The minimum Gasteiger partial charge on any atom is -0.487 e. The number of nitrogens with two attached hydrogens (primary N) is 1. The van der Waals surface area contributed by atoms with Crippen molar-refractivity contribution in [3.8, 4) is 5.75 Å². The Hall–Kier alpha value is -2.18. The summed E-state index contributed by atoms with van der Waals surface area (Å²) in [6, 6.07) is 6.36. The zero-order valence-corrected chi connectivity index (χ0v) is 10.8. The van der Waals surface area contributed by atoms with Gasteiger partial charge in [0.15, 0.2) is 0 Å². The van der Waals surface area contributed by atoms with Crippen LogP contribution in [0.2, 0.25) is 0 Å². The first-order valence-electron chi connectivity index (χ1n) is 6.02. The second kappa shape index (κ2) is 5.44. The molecule has 0 fully saturated rings. The molecule has 0 bridgehead atoms. The number of hydrogen-bond donors (Lipinski definition) is 1. The summed E-state index contributed by atoms with van der Waals surface area (Å²) in [5.74, 6) is 0.639. The highest BCUT2D eigenvalue weighted by atomic mass is 19.4. The smallest absolute Gasteiger partial charge is 0.416 e. The fourth-order valence-electron chi connectivity index (χ4n) is 1.73. The van der Waals surface area contributed by atoms with Crippen LogP contribution in [-0.2, 0) is 19.3 Å². The van der Waals surface area contributed by atoms with E-state index in [1.54, 1.807) is 10.7 Å². The lowest BCUT2D eigenvalue weighted by molar-refractivity contribution is -0.137. The van der Waals surface area contributed by atoms with Crippen LogP contribution in [0.25, 0.3) is 0 Å². The molecule has 0 amide bonds. The average Bonchev–Trinajstić information content (AvgIpc) is 2.76. The Kier molecular flexibility index (Phi) is 3.87. The highest BCUT2D eigenvalue weighted by Crippen LogP contribution is 2.31. The summed E-state index contributed by atoms with van der Waals surface area (Å²) in [5, 5.41) is 4.16. The largest absolute Gasteiger partial charge is 0.487 e. The monoisotopic (exact) mass is 285 g/mol. The number of halogens is 3. The van der Waals surface area contributed by atoms with Crippen LogP contribution in [0.3, 0.4) is 0 Å². The molecule has 0 spiro atoms. The van der Waals surface area contributed by atoms with Gasteiger partial charge in [-0.1, -0.05) is 6.07 Å². The van der Waals surface area contributed by atoms with Crippen LogP contribution in [0.15, 0.2) is 30.3 Å². The van der Waals surface area contributed by atoms with Crippen LogP contribution < -0.4 is 10.5 Å². The maximum atomic E-state index is 12.5. The molecule has 1 aromatic carbocycles.